The van der Waals surface area contributed by atoms with Gasteiger partial charge in [0.2, 0.25) is 0 Å². The second kappa shape index (κ2) is 12.0. The highest BCUT2D eigenvalue weighted by Crippen LogP contribution is 2.25. The Kier molecular flexibility index (Phi) is 9.11. The molecule has 1 saturated heterocycles. The first-order valence-corrected chi connectivity index (χ1v) is 11.5. The smallest absolute Gasteiger partial charge is 0.324 e. The molecular weight excluding hydrogens is 485 g/mol. The molecule has 35 heavy (non-hydrogen) atoms. The minimum absolute atomic E-state index is 0.0560. The van der Waals surface area contributed by atoms with E-state index in [0.29, 0.717) is 24.3 Å². The van der Waals surface area contributed by atoms with Crippen molar-refractivity contribution in [3.8, 4) is 0 Å². The zero-order valence-corrected chi connectivity index (χ0v) is 19.9. The summed E-state index contributed by atoms with van der Waals surface area (Å²) in [7, 11) is 0. The van der Waals surface area contributed by atoms with Crippen molar-refractivity contribution >= 4 is 35.0 Å². The van der Waals surface area contributed by atoms with Crippen LogP contribution < -0.4 is 10.2 Å². The van der Waals surface area contributed by atoms with Gasteiger partial charge in [-0.05, 0) is 30.3 Å². The zero-order chi connectivity index (χ0) is 25.5. The average molecular weight is 511 g/mol. The molecule has 0 aliphatic carbocycles. The second-order valence-electron chi connectivity index (χ2n) is 8.03. The lowest BCUT2D eigenvalue weighted by Crippen LogP contribution is -2.52. The van der Waals surface area contributed by atoms with Gasteiger partial charge >= 0.3 is 12.5 Å². The molecule has 1 fully saturated rings. The van der Waals surface area contributed by atoms with Crippen LogP contribution in [-0.2, 0) is 11.3 Å². The first-order valence-electron chi connectivity index (χ1n) is 11.1. The van der Waals surface area contributed by atoms with Gasteiger partial charge in [0.15, 0.2) is 5.78 Å². The van der Waals surface area contributed by atoms with Crippen molar-refractivity contribution in [3.05, 3.63) is 64.4 Å². The third-order valence-corrected chi connectivity index (χ3v) is 6.08. The van der Waals surface area contributed by atoms with Crippen LogP contribution in [0.15, 0.2) is 42.5 Å². The van der Waals surface area contributed by atoms with Crippen LogP contribution in [0, 0.1) is 5.82 Å². The number of nitrogens with zero attached hydrogens (tertiary/aromatic N) is 3. The van der Waals surface area contributed by atoms with Gasteiger partial charge in [-0.25, -0.2) is 9.18 Å². The summed E-state index contributed by atoms with van der Waals surface area (Å²) >= 11 is 5.82. The van der Waals surface area contributed by atoms with E-state index in [1.54, 1.807) is 23.1 Å². The van der Waals surface area contributed by atoms with Crippen LogP contribution in [0.4, 0.5) is 23.7 Å². The Bertz CT molecular complexity index is 1060. The van der Waals surface area contributed by atoms with Gasteiger partial charge in [-0.2, -0.15) is 8.78 Å². The maximum Gasteiger partial charge on any atom is 0.324 e. The van der Waals surface area contributed by atoms with E-state index in [9.17, 15) is 27.6 Å². The molecule has 0 radical (unpaired) electrons. The third-order valence-electron chi connectivity index (χ3n) is 5.77. The third kappa shape index (κ3) is 6.95. The maximum atomic E-state index is 14.2. The van der Waals surface area contributed by atoms with E-state index in [0.717, 1.165) is 19.6 Å². The molecule has 7 nitrogen and oxygen atoms in total. The molecule has 11 heteroatoms. The Morgan fingerprint density at radius 3 is 2.29 bits per heavy atom. The Labute approximate surface area is 206 Å². The molecule has 0 bridgehead atoms. The number of anilines is 1. The van der Waals surface area contributed by atoms with Crippen LogP contribution in [0.2, 0.25) is 5.02 Å². The van der Waals surface area contributed by atoms with Gasteiger partial charge in [0, 0.05) is 37.4 Å². The lowest BCUT2D eigenvalue weighted by molar-refractivity contribution is -0.131. The number of nitrogens with one attached hydrogen (secondary N) is 1. The Morgan fingerprint density at radius 1 is 1.06 bits per heavy atom. The molecule has 0 spiro atoms. The van der Waals surface area contributed by atoms with E-state index in [1.165, 1.54) is 29.2 Å². The quantitative estimate of drug-likeness (QED) is 0.548. The molecule has 0 aromatic heterocycles. The summed E-state index contributed by atoms with van der Waals surface area (Å²) in [4.78, 5) is 41.9. The summed E-state index contributed by atoms with van der Waals surface area (Å²) in [6, 6.07) is 10.1. The number of carbonyl (C=O) groups excluding carboxylic acids is 3. The normalized spacial score (nSPS) is 14.2. The molecule has 3 rings (SSSR count). The van der Waals surface area contributed by atoms with E-state index in [4.69, 9.17) is 11.6 Å². The van der Waals surface area contributed by atoms with Crippen molar-refractivity contribution in [1.29, 1.82) is 0 Å². The number of piperazine rings is 1. The van der Waals surface area contributed by atoms with Gasteiger partial charge in [0.1, 0.15) is 5.82 Å². The van der Waals surface area contributed by atoms with Crippen LogP contribution in [0.25, 0.3) is 0 Å². The molecule has 1 aliphatic rings. The number of halogens is 4. The summed E-state index contributed by atoms with van der Waals surface area (Å²) in [5.74, 6) is -2.70. The Morgan fingerprint density at radius 2 is 1.71 bits per heavy atom. The van der Waals surface area contributed by atoms with Crippen molar-refractivity contribution in [2.24, 2.45) is 0 Å². The highest BCUT2D eigenvalue weighted by atomic mass is 35.5. The monoisotopic (exact) mass is 510 g/mol. The van der Waals surface area contributed by atoms with Gasteiger partial charge in [-0.15, -0.1) is 0 Å². The fraction of sp³-hybridized carbons (Fsp3) is 0.375. The number of hydrogen-bond donors (Lipinski definition) is 1. The van der Waals surface area contributed by atoms with Gasteiger partial charge < -0.3 is 15.1 Å². The summed E-state index contributed by atoms with van der Waals surface area (Å²) < 4.78 is 38.8. The van der Waals surface area contributed by atoms with E-state index in [2.05, 4.69) is 11.8 Å². The number of carbonyl (C=O) groups is 3. The van der Waals surface area contributed by atoms with Crippen LogP contribution in [-0.4, -0.2) is 73.2 Å². The van der Waals surface area contributed by atoms with E-state index >= 15 is 0 Å². The molecule has 1 aliphatic heterocycles. The van der Waals surface area contributed by atoms with Gasteiger partial charge in [-0.1, -0.05) is 42.8 Å². The first kappa shape index (κ1) is 26.5. The number of benzene rings is 2. The predicted molar refractivity (Wildman–Crippen MR) is 126 cm³/mol. The fourth-order valence-electron chi connectivity index (χ4n) is 3.67. The van der Waals surface area contributed by atoms with E-state index in [-0.39, 0.29) is 23.2 Å². The molecule has 0 atom stereocenters. The summed E-state index contributed by atoms with van der Waals surface area (Å²) in [6.07, 6.45) is -3.20. The van der Waals surface area contributed by atoms with Crippen LogP contribution >= 0.6 is 11.6 Å². The SMILES string of the molecule is CCN1CCN(C(=O)N(Cc2ccc(C(=O)CNC(=O)C(F)F)cc2)c2ccc(Cl)c(F)c2)CC1. The summed E-state index contributed by atoms with van der Waals surface area (Å²) in [5.41, 5.74) is 1.22. The minimum atomic E-state index is -3.20. The van der Waals surface area contributed by atoms with E-state index < -0.39 is 30.5 Å². The number of alkyl halides is 2. The van der Waals surface area contributed by atoms with Crippen LogP contribution in [0.1, 0.15) is 22.8 Å². The maximum absolute atomic E-state index is 14.2. The van der Waals surface area contributed by atoms with Crippen molar-refractivity contribution in [2.75, 3.05) is 44.2 Å². The molecule has 2 aromatic carbocycles. The highest BCUT2D eigenvalue weighted by Gasteiger charge is 2.26. The lowest BCUT2D eigenvalue weighted by Gasteiger charge is -2.37. The summed E-state index contributed by atoms with van der Waals surface area (Å²) in [5, 5.41) is 1.81. The number of likely N-dealkylation sites (N-methyl/N-ethyl adjacent to an activating group) is 1. The fourth-order valence-corrected chi connectivity index (χ4v) is 3.79. The second-order valence-corrected chi connectivity index (χ2v) is 8.43. The standard InChI is InChI=1S/C24H26ClF3N4O3/c1-2-30-9-11-31(12-10-30)24(35)32(18-7-8-19(25)20(26)13-18)15-16-3-5-17(6-4-16)21(33)14-29-23(34)22(27)28/h3-8,13,22H,2,9-12,14-15H2,1H3,(H,29,34). The predicted octanol–water partition coefficient (Wildman–Crippen LogP) is 3.81. The number of Topliss-reactive ketones (excluding diaryl/α,β-unsaturated/α-hetero) is 1. The van der Waals surface area contributed by atoms with E-state index in [1.807, 2.05) is 5.32 Å². The van der Waals surface area contributed by atoms with Crippen molar-refractivity contribution in [1.82, 2.24) is 15.1 Å². The lowest BCUT2D eigenvalue weighted by atomic mass is 10.1. The first-order chi connectivity index (χ1) is 16.7. The Hall–Kier alpha value is -3.11. The largest absolute Gasteiger partial charge is 0.344 e. The van der Waals surface area contributed by atoms with Crippen molar-refractivity contribution in [3.63, 3.8) is 0 Å². The zero-order valence-electron chi connectivity index (χ0n) is 19.1. The van der Waals surface area contributed by atoms with Crippen LogP contribution in [0.5, 0.6) is 0 Å². The molecule has 1 N–H and O–H groups in total. The van der Waals surface area contributed by atoms with Crippen molar-refractivity contribution < 1.29 is 27.6 Å². The molecule has 0 saturated carbocycles. The number of amides is 3. The summed E-state index contributed by atoms with van der Waals surface area (Å²) in [6.45, 7) is 5.06. The number of rotatable bonds is 8. The molecule has 3 amide bonds. The molecule has 188 valence electrons. The number of urea groups is 1. The highest BCUT2D eigenvalue weighted by molar-refractivity contribution is 6.30. The topological polar surface area (TPSA) is 73.0 Å². The van der Waals surface area contributed by atoms with Gasteiger partial charge in [0.05, 0.1) is 18.1 Å². The average Bonchev–Trinajstić information content (AvgIpc) is 2.87. The minimum Gasteiger partial charge on any atom is -0.344 e. The number of ketones is 1. The molecular formula is C24H26ClF3N4O3. The molecule has 0 unspecified atom stereocenters. The van der Waals surface area contributed by atoms with Gasteiger partial charge in [-0.3, -0.25) is 14.5 Å². The number of hydrogen-bond acceptors (Lipinski definition) is 4. The molecule has 1 heterocycles. The molecule has 2 aromatic rings. The van der Waals surface area contributed by atoms with Crippen molar-refractivity contribution in [2.45, 2.75) is 19.9 Å². The van der Waals surface area contributed by atoms with Crippen LogP contribution in [0.3, 0.4) is 0 Å². The van der Waals surface area contributed by atoms with Gasteiger partial charge in [0.25, 0.3) is 5.91 Å². The Balaban J connectivity index is 1.76.